The van der Waals surface area contributed by atoms with Crippen LogP contribution < -0.4 is 10.9 Å². The molecule has 3 N–H and O–H groups in total. The van der Waals surface area contributed by atoms with Crippen molar-refractivity contribution in [3.63, 3.8) is 0 Å². The van der Waals surface area contributed by atoms with Crippen molar-refractivity contribution >= 4 is 18.0 Å². The average Bonchev–Trinajstić information content (AvgIpc) is 2.60. The number of nitrogens with zero attached hydrogens (tertiary/aromatic N) is 2. The third-order valence-electron chi connectivity index (χ3n) is 2.99. The largest absolute Gasteiger partial charge is 0.417 e. The molecule has 130 valence electrons. The number of hydrogen-bond donors (Lipinski definition) is 3. The third kappa shape index (κ3) is 4.61. The number of carbonyl (C=O) groups excluding carboxylic acids is 2. The van der Waals surface area contributed by atoms with E-state index in [1.165, 1.54) is 29.7 Å². The molecular formula is C15H11F3N4O3. The van der Waals surface area contributed by atoms with E-state index in [0.717, 1.165) is 24.5 Å². The first-order valence-electron chi connectivity index (χ1n) is 6.73. The van der Waals surface area contributed by atoms with Gasteiger partial charge in [0.1, 0.15) is 0 Å². The van der Waals surface area contributed by atoms with Crippen molar-refractivity contribution in [3.8, 4) is 0 Å². The minimum atomic E-state index is -4.66. The molecule has 0 radical (unpaired) electrons. The van der Waals surface area contributed by atoms with Crippen molar-refractivity contribution in [2.24, 2.45) is 5.10 Å². The first-order valence-corrected chi connectivity index (χ1v) is 6.73. The maximum absolute atomic E-state index is 12.8. The van der Waals surface area contributed by atoms with E-state index in [1.54, 1.807) is 0 Å². The number of carbonyl (C=O) groups is 2. The first-order chi connectivity index (χ1) is 11.8. The minimum Gasteiger partial charge on any atom is -0.288 e. The number of halogens is 3. The maximum Gasteiger partial charge on any atom is 0.417 e. The smallest absolute Gasteiger partial charge is 0.288 e. The SMILES string of the molecule is O=C(NO)c1ccc(C=NNC(=O)c2ccccc2C(F)(F)F)nc1. The van der Waals surface area contributed by atoms with Crippen molar-refractivity contribution in [1.82, 2.24) is 15.9 Å². The summed E-state index contributed by atoms with van der Waals surface area (Å²) in [6, 6.07) is 7.02. The molecule has 0 spiro atoms. The highest BCUT2D eigenvalue weighted by Crippen LogP contribution is 2.31. The Hall–Kier alpha value is -3.27. The molecule has 7 nitrogen and oxygen atoms in total. The lowest BCUT2D eigenvalue weighted by Gasteiger charge is -2.10. The molecule has 2 aromatic rings. The van der Waals surface area contributed by atoms with E-state index in [1.807, 2.05) is 5.43 Å². The molecule has 0 unspecified atom stereocenters. The number of hydrogen-bond acceptors (Lipinski definition) is 5. The van der Waals surface area contributed by atoms with Gasteiger partial charge in [0.15, 0.2) is 0 Å². The molecule has 0 aliphatic heterocycles. The number of rotatable bonds is 4. The molecule has 1 aromatic heterocycles. The van der Waals surface area contributed by atoms with Gasteiger partial charge >= 0.3 is 6.18 Å². The summed E-state index contributed by atoms with van der Waals surface area (Å²) in [5.74, 6) is -1.78. The fourth-order valence-corrected chi connectivity index (χ4v) is 1.83. The summed E-state index contributed by atoms with van der Waals surface area (Å²) < 4.78 is 38.5. The number of alkyl halides is 3. The average molecular weight is 352 g/mol. The van der Waals surface area contributed by atoms with Crippen LogP contribution in [0.1, 0.15) is 32.0 Å². The van der Waals surface area contributed by atoms with Gasteiger partial charge in [-0.15, -0.1) is 0 Å². The van der Waals surface area contributed by atoms with E-state index < -0.39 is 29.1 Å². The molecule has 0 aliphatic carbocycles. The fraction of sp³-hybridized carbons (Fsp3) is 0.0667. The van der Waals surface area contributed by atoms with Gasteiger partial charge in [-0.2, -0.15) is 18.3 Å². The standard InChI is InChI=1S/C15H11F3N4O3/c16-15(17,18)12-4-2-1-3-11(12)14(24)21-20-8-10-6-5-9(7-19-10)13(23)22-25/h1-8,25H,(H,21,24)(H,22,23). The predicted octanol–water partition coefficient (Wildman–Crippen LogP) is 1.98. The third-order valence-corrected chi connectivity index (χ3v) is 2.99. The summed E-state index contributed by atoms with van der Waals surface area (Å²) in [6.45, 7) is 0. The summed E-state index contributed by atoms with van der Waals surface area (Å²) >= 11 is 0. The molecule has 0 aliphatic rings. The van der Waals surface area contributed by atoms with E-state index in [2.05, 4.69) is 10.1 Å². The Kier molecular flexibility index (Phi) is 5.45. The number of pyridine rings is 1. The number of hydroxylamine groups is 1. The molecule has 0 bridgehead atoms. The topological polar surface area (TPSA) is 104 Å². The van der Waals surface area contributed by atoms with Crippen LogP contribution >= 0.6 is 0 Å². The summed E-state index contributed by atoms with van der Waals surface area (Å²) in [6.07, 6.45) is -2.43. The van der Waals surface area contributed by atoms with Crippen LogP contribution in [0.5, 0.6) is 0 Å². The monoisotopic (exact) mass is 352 g/mol. The molecule has 0 atom stereocenters. The fourth-order valence-electron chi connectivity index (χ4n) is 1.83. The van der Waals surface area contributed by atoms with E-state index in [-0.39, 0.29) is 11.3 Å². The second-order valence-electron chi connectivity index (χ2n) is 4.66. The molecule has 25 heavy (non-hydrogen) atoms. The van der Waals surface area contributed by atoms with Gasteiger partial charge in [-0.3, -0.25) is 19.8 Å². The zero-order valence-corrected chi connectivity index (χ0v) is 12.4. The normalized spacial score (nSPS) is 11.4. The van der Waals surface area contributed by atoms with Crippen molar-refractivity contribution in [2.75, 3.05) is 0 Å². The second-order valence-corrected chi connectivity index (χ2v) is 4.66. The lowest BCUT2D eigenvalue weighted by molar-refractivity contribution is -0.137. The van der Waals surface area contributed by atoms with Crippen LogP contribution in [0.2, 0.25) is 0 Å². The molecule has 2 rings (SSSR count). The Morgan fingerprint density at radius 3 is 2.44 bits per heavy atom. The van der Waals surface area contributed by atoms with Crippen LogP contribution in [0.15, 0.2) is 47.7 Å². The minimum absolute atomic E-state index is 0.0859. The van der Waals surface area contributed by atoms with Crippen LogP contribution in [-0.4, -0.2) is 28.2 Å². The number of aromatic nitrogens is 1. The van der Waals surface area contributed by atoms with Crippen LogP contribution in [0.3, 0.4) is 0 Å². The second kappa shape index (κ2) is 7.53. The Morgan fingerprint density at radius 2 is 1.84 bits per heavy atom. The van der Waals surface area contributed by atoms with E-state index in [4.69, 9.17) is 5.21 Å². The highest BCUT2D eigenvalue weighted by Gasteiger charge is 2.34. The van der Waals surface area contributed by atoms with E-state index in [0.29, 0.717) is 0 Å². The maximum atomic E-state index is 12.8. The summed E-state index contributed by atoms with van der Waals surface area (Å²) in [5.41, 5.74) is 2.10. The van der Waals surface area contributed by atoms with Gasteiger partial charge in [0.25, 0.3) is 11.8 Å². The Labute approximate surface area is 139 Å². The van der Waals surface area contributed by atoms with Crippen molar-refractivity contribution in [1.29, 1.82) is 0 Å². The molecule has 0 saturated heterocycles. The summed E-state index contributed by atoms with van der Waals surface area (Å²) in [7, 11) is 0. The van der Waals surface area contributed by atoms with Crippen LogP contribution in [0.25, 0.3) is 0 Å². The quantitative estimate of drug-likeness (QED) is 0.445. The Morgan fingerprint density at radius 1 is 1.12 bits per heavy atom. The van der Waals surface area contributed by atoms with Gasteiger partial charge in [0, 0.05) is 6.20 Å². The highest BCUT2D eigenvalue weighted by atomic mass is 19.4. The molecule has 2 amide bonds. The van der Waals surface area contributed by atoms with Gasteiger partial charge in [-0.05, 0) is 24.3 Å². The van der Waals surface area contributed by atoms with Crippen LogP contribution in [0, 0.1) is 0 Å². The Bertz CT molecular complexity index is 804. The highest BCUT2D eigenvalue weighted by molar-refractivity contribution is 5.96. The number of hydrazone groups is 1. The lowest BCUT2D eigenvalue weighted by atomic mass is 10.1. The number of benzene rings is 1. The zero-order valence-electron chi connectivity index (χ0n) is 12.4. The molecule has 1 aromatic carbocycles. The molecule has 10 heteroatoms. The molecule has 0 fully saturated rings. The van der Waals surface area contributed by atoms with Crippen molar-refractivity contribution < 1.29 is 28.0 Å². The van der Waals surface area contributed by atoms with Crippen molar-refractivity contribution in [3.05, 3.63) is 65.0 Å². The summed E-state index contributed by atoms with van der Waals surface area (Å²) in [5, 5.41) is 12.0. The van der Waals surface area contributed by atoms with Gasteiger partial charge in [0.05, 0.1) is 28.6 Å². The van der Waals surface area contributed by atoms with Gasteiger partial charge in [-0.25, -0.2) is 10.9 Å². The predicted molar refractivity (Wildman–Crippen MR) is 80.0 cm³/mol. The van der Waals surface area contributed by atoms with Crippen LogP contribution in [0.4, 0.5) is 13.2 Å². The van der Waals surface area contributed by atoms with E-state index in [9.17, 15) is 22.8 Å². The van der Waals surface area contributed by atoms with Crippen LogP contribution in [-0.2, 0) is 6.18 Å². The number of amides is 2. The van der Waals surface area contributed by atoms with Gasteiger partial charge in [0.2, 0.25) is 0 Å². The molecule has 0 saturated carbocycles. The van der Waals surface area contributed by atoms with Crippen molar-refractivity contribution in [2.45, 2.75) is 6.18 Å². The molecule has 1 heterocycles. The lowest BCUT2D eigenvalue weighted by Crippen LogP contribution is -2.22. The Balaban J connectivity index is 2.08. The molecular weight excluding hydrogens is 341 g/mol. The van der Waals surface area contributed by atoms with E-state index >= 15 is 0 Å². The first kappa shape index (κ1) is 18.1. The zero-order chi connectivity index (χ0) is 18.4. The summed E-state index contributed by atoms with van der Waals surface area (Å²) in [4.78, 5) is 26.8. The number of nitrogens with one attached hydrogen (secondary N) is 2. The van der Waals surface area contributed by atoms with Gasteiger partial charge < -0.3 is 0 Å². The van der Waals surface area contributed by atoms with Gasteiger partial charge in [-0.1, -0.05) is 12.1 Å².